The van der Waals surface area contributed by atoms with E-state index in [-0.39, 0.29) is 5.91 Å². The molecule has 27 heavy (non-hydrogen) atoms. The van der Waals surface area contributed by atoms with Crippen molar-refractivity contribution >= 4 is 11.6 Å². The smallest absolute Gasteiger partial charge is 0.265 e. The Labute approximate surface area is 162 Å². The van der Waals surface area contributed by atoms with Crippen LogP contribution >= 0.6 is 0 Å². The summed E-state index contributed by atoms with van der Waals surface area (Å²) >= 11 is 0. The number of para-hydroxylation sites is 1. The number of nitrogens with one attached hydrogen (secondary N) is 1. The molecule has 1 N–H and O–H groups in total. The van der Waals surface area contributed by atoms with Crippen molar-refractivity contribution in [2.75, 3.05) is 11.9 Å². The zero-order valence-corrected chi connectivity index (χ0v) is 16.4. The second-order valence-corrected chi connectivity index (χ2v) is 6.60. The minimum atomic E-state index is -0.522. The van der Waals surface area contributed by atoms with Crippen LogP contribution in [0.1, 0.15) is 52.4 Å². The van der Waals surface area contributed by atoms with Crippen LogP contribution in [0.3, 0.4) is 0 Å². The standard InChI is InChI=1S/C23H31NO3/c1-3-5-6-7-11-18-26-20-16-14-19(15-17-20)24-23(25)22(4-2)27-21-12-9-8-10-13-21/h8-10,12-17,22H,3-7,11,18H2,1-2H3,(H,24,25). The van der Waals surface area contributed by atoms with Gasteiger partial charge in [-0.25, -0.2) is 0 Å². The molecule has 0 heterocycles. The van der Waals surface area contributed by atoms with E-state index < -0.39 is 6.10 Å². The van der Waals surface area contributed by atoms with Crippen molar-refractivity contribution in [1.29, 1.82) is 0 Å². The summed E-state index contributed by atoms with van der Waals surface area (Å²) in [7, 11) is 0. The predicted molar refractivity (Wildman–Crippen MR) is 110 cm³/mol. The van der Waals surface area contributed by atoms with Crippen molar-refractivity contribution in [3.63, 3.8) is 0 Å². The van der Waals surface area contributed by atoms with Crippen LogP contribution in [0, 0.1) is 0 Å². The van der Waals surface area contributed by atoms with E-state index in [4.69, 9.17) is 9.47 Å². The van der Waals surface area contributed by atoms with Gasteiger partial charge in [-0.1, -0.05) is 57.7 Å². The molecule has 0 spiro atoms. The Morgan fingerprint density at radius 1 is 0.889 bits per heavy atom. The van der Waals surface area contributed by atoms with Crippen molar-refractivity contribution in [1.82, 2.24) is 0 Å². The normalized spacial score (nSPS) is 11.6. The van der Waals surface area contributed by atoms with Crippen LogP contribution in [0.5, 0.6) is 11.5 Å². The van der Waals surface area contributed by atoms with E-state index in [1.807, 2.05) is 61.5 Å². The molecule has 1 amide bonds. The van der Waals surface area contributed by atoms with E-state index in [1.54, 1.807) is 0 Å². The van der Waals surface area contributed by atoms with Crippen LogP contribution < -0.4 is 14.8 Å². The lowest BCUT2D eigenvalue weighted by atomic mass is 10.2. The topological polar surface area (TPSA) is 47.6 Å². The highest BCUT2D eigenvalue weighted by Gasteiger charge is 2.18. The van der Waals surface area contributed by atoms with Crippen molar-refractivity contribution in [2.45, 2.75) is 58.5 Å². The maximum Gasteiger partial charge on any atom is 0.265 e. The number of hydrogen-bond donors (Lipinski definition) is 1. The Hall–Kier alpha value is -2.49. The molecule has 0 fully saturated rings. The van der Waals surface area contributed by atoms with Gasteiger partial charge in [0, 0.05) is 5.69 Å². The van der Waals surface area contributed by atoms with Crippen LogP contribution in [0.15, 0.2) is 54.6 Å². The molecule has 0 aliphatic rings. The van der Waals surface area contributed by atoms with Gasteiger partial charge < -0.3 is 14.8 Å². The summed E-state index contributed by atoms with van der Waals surface area (Å²) in [5.74, 6) is 1.38. The molecule has 1 unspecified atom stereocenters. The van der Waals surface area contributed by atoms with E-state index in [0.29, 0.717) is 12.2 Å². The van der Waals surface area contributed by atoms with E-state index in [9.17, 15) is 4.79 Å². The second-order valence-electron chi connectivity index (χ2n) is 6.60. The molecular weight excluding hydrogens is 338 g/mol. The molecule has 0 aromatic heterocycles. The number of hydrogen-bond acceptors (Lipinski definition) is 3. The lowest BCUT2D eigenvalue weighted by Gasteiger charge is -2.17. The van der Waals surface area contributed by atoms with Gasteiger partial charge in [0.1, 0.15) is 11.5 Å². The molecule has 2 aromatic carbocycles. The van der Waals surface area contributed by atoms with Crippen molar-refractivity contribution in [3.05, 3.63) is 54.6 Å². The summed E-state index contributed by atoms with van der Waals surface area (Å²) in [5.41, 5.74) is 0.741. The molecule has 1 atom stereocenters. The van der Waals surface area contributed by atoms with Crippen LogP contribution in [0.2, 0.25) is 0 Å². The Morgan fingerprint density at radius 2 is 1.59 bits per heavy atom. The molecule has 0 aliphatic heterocycles. The van der Waals surface area contributed by atoms with E-state index >= 15 is 0 Å². The highest BCUT2D eigenvalue weighted by Crippen LogP contribution is 2.18. The van der Waals surface area contributed by atoms with Gasteiger partial charge in [0.15, 0.2) is 6.10 Å². The lowest BCUT2D eigenvalue weighted by Crippen LogP contribution is -2.32. The largest absolute Gasteiger partial charge is 0.494 e. The summed E-state index contributed by atoms with van der Waals surface area (Å²) in [5, 5.41) is 2.91. The Balaban J connectivity index is 1.77. The highest BCUT2D eigenvalue weighted by molar-refractivity contribution is 5.94. The van der Waals surface area contributed by atoms with Gasteiger partial charge in [-0.3, -0.25) is 4.79 Å². The summed E-state index contributed by atoms with van der Waals surface area (Å²) < 4.78 is 11.5. The lowest BCUT2D eigenvalue weighted by molar-refractivity contribution is -0.122. The fourth-order valence-corrected chi connectivity index (χ4v) is 2.74. The molecule has 4 nitrogen and oxygen atoms in total. The SMILES string of the molecule is CCCCCCCOc1ccc(NC(=O)C(CC)Oc2ccccc2)cc1. The first-order valence-electron chi connectivity index (χ1n) is 9.98. The predicted octanol–water partition coefficient (Wildman–Crippen LogP) is 5.83. The number of carbonyl (C=O) groups is 1. The third kappa shape index (κ3) is 7.73. The Kier molecular flexibility index (Phi) is 9.25. The number of unbranched alkanes of at least 4 members (excludes halogenated alkanes) is 4. The summed E-state index contributed by atoms with van der Waals surface area (Å²) in [6, 6.07) is 16.9. The number of anilines is 1. The second kappa shape index (κ2) is 12.0. The van der Waals surface area contributed by atoms with E-state index in [0.717, 1.165) is 24.5 Å². The van der Waals surface area contributed by atoms with Crippen LogP contribution in [-0.2, 0) is 4.79 Å². The van der Waals surface area contributed by atoms with Gasteiger partial charge in [0.2, 0.25) is 0 Å². The number of ether oxygens (including phenoxy) is 2. The fourth-order valence-electron chi connectivity index (χ4n) is 2.74. The van der Waals surface area contributed by atoms with Gasteiger partial charge in [-0.2, -0.15) is 0 Å². The Morgan fingerprint density at radius 3 is 2.26 bits per heavy atom. The maximum atomic E-state index is 12.5. The van der Waals surface area contributed by atoms with Crippen LogP contribution in [0.4, 0.5) is 5.69 Å². The van der Waals surface area contributed by atoms with E-state index in [2.05, 4.69) is 12.2 Å². The molecule has 4 heteroatoms. The molecule has 2 aromatic rings. The summed E-state index contributed by atoms with van der Waals surface area (Å²) in [6.45, 7) is 4.89. The van der Waals surface area contributed by atoms with Crippen molar-refractivity contribution in [3.8, 4) is 11.5 Å². The van der Waals surface area contributed by atoms with Crippen LogP contribution in [0.25, 0.3) is 0 Å². The van der Waals surface area contributed by atoms with Gasteiger partial charge in [0.05, 0.1) is 6.61 Å². The quantitative estimate of drug-likeness (QED) is 0.479. The summed E-state index contributed by atoms with van der Waals surface area (Å²) in [6.07, 6.45) is 6.18. The molecule has 2 rings (SSSR count). The molecule has 146 valence electrons. The van der Waals surface area contributed by atoms with E-state index in [1.165, 1.54) is 25.7 Å². The number of carbonyl (C=O) groups excluding carboxylic acids is 1. The van der Waals surface area contributed by atoms with Crippen LogP contribution in [-0.4, -0.2) is 18.6 Å². The first-order chi connectivity index (χ1) is 13.2. The minimum Gasteiger partial charge on any atom is -0.494 e. The molecule has 0 saturated heterocycles. The first kappa shape index (κ1) is 20.8. The Bertz CT molecular complexity index is 655. The number of amides is 1. The zero-order valence-electron chi connectivity index (χ0n) is 16.4. The average molecular weight is 370 g/mol. The molecule has 0 saturated carbocycles. The fraction of sp³-hybridized carbons (Fsp3) is 0.435. The maximum absolute atomic E-state index is 12.5. The monoisotopic (exact) mass is 369 g/mol. The average Bonchev–Trinajstić information content (AvgIpc) is 2.70. The molecular formula is C23H31NO3. The highest BCUT2D eigenvalue weighted by atomic mass is 16.5. The van der Waals surface area contributed by atoms with Gasteiger partial charge in [-0.15, -0.1) is 0 Å². The van der Waals surface area contributed by atoms with Gasteiger partial charge >= 0.3 is 0 Å². The third-order valence-corrected chi connectivity index (χ3v) is 4.32. The zero-order chi connectivity index (χ0) is 19.3. The summed E-state index contributed by atoms with van der Waals surface area (Å²) in [4.78, 5) is 12.5. The first-order valence-corrected chi connectivity index (χ1v) is 9.98. The minimum absolute atomic E-state index is 0.147. The van der Waals surface area contributed by atoms with Gasteiger partial charge in [-0.05, 0) is 49.2 Å². The van der Waals surface area contributed by atoms with Gasteiger partial charge in [0.25, 0.3) is 5.91 Å². The molecule has 0 aliphatic carbocycles. The molecule has 0 bridgehead atoms. The third-order valence-electron chi connectivity index (χ3n) is 4.32. The number of rotatable bonds is 12. The molecule has 0 radical (unpaired) electrons. The van der Waals surface area contributed by atoms with Crippen molar-refractivity contribution < 1.29 is 14.3 Å². The van der Waals surface area contributed by atoms with Crippen molar-refractivity contribution in [2.24, 2.45) is 0 Å². The number of benzene rings is 2.